The molecule has 0 fully saturated rings. The minimum atomic E-state index is -0.299. The van der Waals surface area contributed by atoms with Gasteiger partial charge in [-0.3, -0.25) is 13.8 Å². The second-order valence-corrected chi connectivity index (χ2v) is 6.81. The molecular weight excluding hydrogens is 351 g/mol. The predicted octanol–water partition coefficient (Wildman–Crippen LogP) is 3.62. The number of thioether (sulfide) groups is 1. The van der Waals surface area contributed by atoms with Gasteiger partial charge in [0.1, 0.15) is 11.5 Å². The van der Waals surface area contributed by atoms with Crippen LogP contribution in [0.4, 0.5) is 4.39 Å². The number of fused-ring (bicyclic) bond motifs is 1. The van der Waals surface area contributed by atoms with Gasteiger partial charge in [-0.1, -0.05) is 23.9 Å². The van der Waals surface area contributed by atoms with Gasteiger partial charge in [0.2, 0.25) is 0 Å². The molecule has 5 nitrogen and oxygen atoms in total. The first-order chi connectivity index (χ1) is 12.6. The highest BCUT2D eigenvalue weighted by Crippen LogP contribution is 2.23. The van der Waals surface area contributed by atoms with E-state index >= 15 is 0 Å². The van der Waals surface area contributed by atoms with Crippen LogP contribution in [-0.2, 0) is 5.75 Å². The molecule has 26 heavy (non-hydrogen) atoms. The molecule has 0 saturated carbocycles. The molecule has 0 N–H and O–H groups in total. The van der Waals surface area contributed by atoms with Gasteiger partial charge in [0.25, 0.3) is 5.56 Å². The minimum Gasteiger partial charge on any atom is -0.295 e. The minimum absolute atomic E-state index is 0.109. The molecule has 0 atom stereocenters. The summed E-state index contributed by atoms with van der Waals surface area (Å²) >= 11 is 1.45. The van der Waals surface area contributed by atoms with Crippen LogP contribution in [0.3, 0.4) is 0 Å². The van der Waals surface area contributed by atoms with Crippen molar-refractivity contribution in [2.45, 2.75) is 17.8 Å². The lowest BCUT2D eigenvalue weighted by Crippen LogP contribution is -2.15. The molecule has 0 radical (unpaired) electrons. The number of nitrogens with zero attached hydrogens (tertiary/aromatic N) is 4. The van der Waals surface area contributed by atoms with Crippen molar-refractivity contribution in [1.82, 2.24) is 18.9 Å². The Morgan fingerprint density at radius 3 is 2.92 bits per heavy atom. The zero-order chi connectivity index (χ0) is 18.1. The third kappa shape index (κ3) is 3.25. The number of aryl methyl sites for hydroxylation is 1. The molecule has 3 aromatic heterocycles. The van der Waals surface area contributed by atoms with E-state index in [1.165, 1.54) is 34.4 Å². The highest BCUT2D eigenvalue weighted by molar-refractivity contribution is 7.98. The lowest BCUT2D eigenvalue weighted by Gasteiger charge is -2.08. The van der Waals surface area contributed by atoms with Gasteiger partial charge in [-0.15, -0.1) is 0 Å². The average Bonchev–Trinajstić information content (AvgIpc) is 3.09. The first-order valence-electron chi connectivity index (χ1n) is 8.01. The van der Waals surface area contributed by atoms with Gasteiger partial charge < -0.3 is 0 Å². The number of hydrogen-bond acceptors (Lipinski definition) is 4. The van der Waals surface area contributed by atoms with Gasteiger partial charge in [-0.05, 0) is 36.8 Å². The summed E-state index contributed by atoms with van der Waals surface area (Å²) in [5.74, 6) is 0.193. The highest BCUT2D eigenvalue weighted by atomic mass is 32.2. The quantitative estimate of drug-likeness (QED) is 0.518. The van der Waals surface area contributed by atoms with E-state index in [0.29, 0.717) is 27.9 Å². The number of rotatable bonds is 4. The van der Waals surface area contributed by atoms with Crippen LogP contribution in [-0.4, -0.2) is 18.9 Å². The molecule has 4 rings (SSSR count). The van der Waals surface area contributed by atoms with Crippen LogP contribution in [0.1, 0.15) is 11.3 Å². The van der Waals surface area contributed by atoms with Crippen LogP contribution in [0.2, 0.25) is 0 Å². The standard InChI is InChI=1S/C19H15FN4OS/c1-13-5-6-17-22-15(10-18(25)24(17)11-13)12-26-19-21-7-8-23(19)16-4-2-3-14(20)9-16/h2-11H,12H2,1H3. The molecule has 0 saturated heterocycles. The molecule has 7 heteroatoms. The van der Waals surface area contributed by atoms with E-state index in [1.807, 2.05) is 29.7 Å². The third-order valence-corrected chi connectivity index (χ3v) is 4.90. The summed E-state index contributed by atoms with van der Waals surface area (Å²) in [6.07, 6.45) is 5.22. The Morgan fingerprint density at radius 2 is 2.08 bits per heavy atom. The first-order valence-corrected chi connectivity index (χ1v) is 9.00. The summed E-state index contributed by atoms with van der Waals surface area (Å²) in [7, 11) is 0. The van der Waals surface area contributed by atoms with Crippen LogP contribution in [0.25, 0.3) is 11.3 Å². The zero-order valence-corrected chi connectivity index (χ0v) is 14.8. The van der Waals surface area contributed by atoms with E-state index in [1.54, 1.807) is 24.7 Å². The smallest absolute Gasteiger partial charge is 0.258 e. The maximum Gasteiger partial charge on any atom is 0.258 e. The number of imidazole rings is 1. The maximum atomic E-state index is 13.5. The number of pyridine rings is 1. The van der Waals surface area contributed by atoms with Crippen molar-refractivity contribution in [3.05, 3.63) is 88.5 Å². The molecule has 4 aromatic rings. The summed E-state index contributed by atoms with van der Waals surface area (Å²) in [6.45, 7) is 1.93. The Bertz CT molecular complexity index is 1150. The first kappa shape index (κ1) is 16.5. The number of benzene rings is 1. The van der Waals surface area contributed by atoms with Gasteiger partial charge in [0, 0.05) is 30.4 Å². The molecule has 0 bridgehead atoms. The zero-order valence-electron chi connectivity index (χ0n) is 14.0. The normalized spacial score (nSPS) is 11.2. The van der Waals surface area contributed by atoms with Crippen molar-refractivity contribution in [3.63, 3.8) is 0 Å². The van der Waals surface area contributed by atoms with Crippen LogP contribution >= 0.6 is 11.8 Å². The Kier molecular flexibility index (Phi) is 4.30. The maximum absolute atomic E-state index is 13.5. The summed E-state index contributed by atoms with van der Waals surface area (Å²) in [5, 5.41) is 0.710. The van der Waals surface area contributed by atoms with E-state index in [9.17, 15) is 9.18 Å². The van der Waals surface area contributed by atoms with E-state index in [0.717, 1.165) is 5.56 Å². The van der Waals surface area contributed by atoms with Crippen LogP contribution in [0, 0.1) is 12.7 Å². The van der Waals surface area contributed by atoms with Crippen molar-refractivity contribution in [1.29, 1.82) is 0 Å². The largest absolute Gasteiger partial charge is 0.295 e. The van der Waals surface area contributed by atoms with Crippen molar-refractivity contribution in [2.75, 3.05) is 0 Å². The van der Waals surface area contributed by atoms with Crippen molar-refractivity contribution in [3.8, 4) is 5.69 Å². The Balaban J connectivity index is 1.61. The molecule has 0 unspecified atom stereocenters. The van der Waals surface area contributed by atoms with Crippen LogP contribution in [0.5, 0.6) is 0 Å². The van der Waals surface area contributed by atoms with Crippen LogP contribution < -0.4 is 5.56 Å². The van der Waals surface area contributed by atoms with Gasteiger partial charge in [0.05, 0.1) is 11.4 Å². The van der Waals surface area contributed by atoms with E-state index in [-0.39, 0.29) is 11.4 Å². The summed E-state index contributed by atoms with van der Waals surface area (Å²) in [6, 6.07) is 11.6. The molecule has 1 aromatic carbocycles. The number of hydrogen-bond donors (Lipinski definition) is 0. The van der Waals surface area contributed by atoms with E-state index in [4.69, 9.17) is 0 Å². The number of halogens is 1. The van der Waals surface area contributed by atoms with Crippen molar-refractivity contribution in [2.24, 2.45) is 0 Å². The van der Waals surface area contributed by atoms with Crippen molar-refractivity contribution >= 4 is 17.4 Å². The topological polar surface area (TPSA) is 52.2 Å². The second kappa shape index (κ2) is 6.76. The Hall–Kier alpha value is -2.93. The molecular formula is C19H15FN4OS. The Morgan fingerprint density at radius 1 is 1.19 bits per heavy atom. The molecule has 0 aliphatic rings. The Labute approximate surface area is 153 Å². The van der Waals surface area contributed by atoms with Gasteiger partial charge in [-0.2, -0.15) is 0 Å². The predicted molar refractivity (Wildman–Crippen MR) is 99.3 cm³/mol. The average molecular weight is 366 g/mol. The fraction of sp³-hybridized carbons (Fsp3) is 0.105. The van der Waals surface area contributed by atoms with E-state index in [2.05, 4.69) is 9.97 Å². The highest BCUT2D eigenvalue weighted by Gasteiger charge is 2.09. The lowest BCUT2D eigenvalue weighted by molar-refractivity contribution is 0.626. The molecule has 3 heterocycles. The van der Waals surface area contributed by atoms with E-state index < -0.39 is 0 Å². The summed E-state index contributed by atoms with van der Waals surface area (Å²) in [5.41, 5.74) is 2.89. The summed E-state index contributed by atoms with van der Waals surface area (Å²) in [4.78, 5) is 21.2. The molecule has 0 amide bonds. The number of aromatic nitrogens is 4. The fourth-order valence-corrected chi connectivity index (χ4v) is 3.56. The summed E-state index contributed by atoms with van der Waals surface area (Å²) < 4.78 is 16.8. The molecule has 0 aliphatic carbocycles. The molecule has 0 aliphatic heterocycles. The van der Waals surface area contributed by atoms with Crippen molar-refractivity contribution < 1.29 is 4.39 Å². The third-order valence-electron chi connectivity index (χ3n) is 3.90. The monoisotopic (exact) mass is 366 g/mol. The molecule has 0 spiro atoms. The lowest BCUT2D eigenvalue weighted by atomic mass is 10.3. The second-order valence-electron chi connectivity index (χ2n) is 5.87. The molecule has 130 valence electrons. The van der Waals surface area contributed by atoms with Gasteiger partial charge >= 0.3 is 0 Å². The fourth-order valence-electron chi connectivity index (χ4n) is 2.69. The van der Waals surface area contributed by atoms with Gasteiger partial charge in [-0.25, -0.2) is 14.4 Å². The van der Waals surface area contributed by atoms with Gasteiger partial charge in [0.15, 0.2) is 5.16 Å². The SMILES string of the molecule is Cc1ccc2nc(CSc3nccn3-c3cccc(F)c3)cc(=O)n2c1. The van der Waals surface area contributed by atoms with Crippen LogP contribution in [0.15, 0.2) is 71.0 Å².